The molecule has 1 atom stereocenters. The van der Waals surface area contributed by atoms with Gasteiger partial charge in [-0.3, -0.25) is 16.0 Å². The van der Waals surface area contributed by atoms with Gasteiger partial charge in [-0.25, -0.2) is 0 Å². The molecular weight excluding hydrogens is 176 g/mol. The Kier molecular flexibility index (Phi) is 2.84. The van der Waals surface area contributed by atoms with Crippen molar-refractivity contribution in [3.63, 3.8) is 0 Å². The van der Waals surface area contributed by atoms with Crippen molar-refractivity contribution in [1.82, 2.24) is 15.2 Å². The molecule has 1 saturated carbocycles. The molecule has 1 aliphatic rings. The van der Waals surface area contributed by atoms with E-state index in [4.69, 9.17) is 5.84 Å². The first-order valence-corrected chi connectivity index (χ1v) is 5.22. The van der Waals surface area contributed by atoms with E-state index in [2.05, 4.69) is 16.6 Å². The SMILES string of the molecule is Cn1ccc(CC(CC2CC2)NN)n1. The van der Waals surface area contributed by atoms with Crippen molar-refractivity contribution in [3.05, 3.63) is 18.0 Å². The van der Waals surface area contributed by atoms with Crippen molar-refractivity contribution in [1.29, 1.82) is 0 Å². The molecular formula is C10H18N4. The number of hydrazine groups is 1. The van der Waals surface area contributed by atoms with Gasteiger partial charge in [0.25, 0.3) is 0 Å². The van der Waals surface area contributed by atoms with Crippen LogP contribution in [0, 0.1) is 5.92 Å². The largest absolute Gasteiger partial charge is 0.276 e. The third-order valence-electron chi connectivity index (χ3n) is 2.77. The molecule has 1 fully saturated rings. The standard InChI is InChI=1S/C10H18N4/c1-14-5-4-9(13-14)7-10(12-11)6-8-2-3-8/h4-5,8,10,12H,2-3,6-7,11H2,1H3. The summed E-state index contributed by atoms with van der Waals surface area (Å²) in [6.07, 6.45) is 6.85. The molecule has 0 saturated heterocycles. The topological polar surface area (TPSA) is 55.9 Å². The van der Waals surface area contributed by atoms with Crippen LogP contribution in [-0.2, 0) is 13.5 Å². The number of nitrogens with one attached hydrogen (secondary N) is 1. The third kappa shape index (κ3) is 2.56. The first-order chi connectivity index (χ1) is 6.78. The van der Waals surface area contributed by atoms with Crippen molar-refractivity contribution in [2.45, 2.75) is 31.7 Å². The molecule has 0 spiro atoms. The van der Waals surface area contributed by atoms with Gasteiger partial charge in [0.1, 0.15) is 0 Å². The molecule has 1 aromatic rings. The zero-order valence-corrected chi connectivity index (χ0v) is 8.61. The average molecular weight is 194 g/mol. The van der Waals surface area contributed by atoms with Crippen molar-refractivity contribution < 1.29 is 0 Å². The highest BCUT2D eigenvalue weighted by molar-refractivity contribution is 5.01. The minimum atomic E-state index is 0.386. The lowest BCUT2D eigenvalue weighted by Gasteiger charge is -2.13. The summed E-state index contributed by atoms with van der Waals surface area (Å²) in [5.74, 6) is 6.42. The van der Waals surface area contributed by atoms with E-state index in [1.54, 1.807) is 0 Å². The zero-order valence-electron chi connectivity index (χ0n) is 8.61. The van der Waals surface area contributed by atoms with Crippen molar-refractivity contribution in [2.75, 3.05) is 0 Å². The number of aryl methyl sites for hydroxylation is 1. The molecule has 2 rings (SSSR count). The van der Waals surface area contributed by atoms with E-state index < -0.39 is 0 Å². The summed E-state index contributed by atoms with van der Waals surface area (Å²) in [6, 6.07) is 2.44. The van der Waals surface area contributed by atoms with E-state index in [9.17, 15) is 0 Å². The van der Waals surface area contributed by atoms with Crippen LogP contribution in [0.2, 0.25) is 0 Å². The van der Waals surface area contributed by atoms with Gasteiger partial charge in [0.05, 0.1) is 5.69 Å². The van der Waals surface area contributed by atoms with Crippen molar-refractivity contribution >= 4 is 0 Å². The van der Waals surface area contributed by atoms with E-state index in [-0.39, 0.29) is 0 Å². The lowest BCUT2D eigenvalue weighted by molar-refractivity contribution is 0.460. The Balaban J connectivity index is 1.86. The highest BCUT2D eigenvalue weighted by atomic mass is 15.3. The lowest BCUT2D eigenvalue weighted by Crippen LogP contribution is -2.37. The molecule has 0 amide bonds. The molecule has 1 unspecified atom stereocenters. The van der Waals surface area contributed by atoms with Gasteiger partial charge in [-0.15, -0.1) is 0 Å². The molecule has 1 aliphatic carbocycles. The van der Waals surface area contributed by atoms with Gasteiger partial charge in [-0.05, 0) is 18.4 Å². The molecule has 14 heavy (non-hydrogen) atoms. The molecule has 1 aromatic heterocycles. The molecule has 0 bridgehead atoms. The fourth-order valence-electron chi connectivity index (χ4n) is 1.79. The number of hydrogen-bond acceptors (Lipinski definition) is 3. The van der Waals surface area contributed by atoms with Crippen LogP contribution in [0.15, 0.2) is 12.3 Å². The van der Waals surface area contributed by atoms with Crippen LogP contribution < -0.4 is 11.3 Å². The van der Waals surface area contributed by atoms with E-state index in [1.165, 1.54) is 19.3 Å². The Bertz CT molecular complexity index is 290. The second-order valence-electron chi connectivity index (χ2n) is 4.23. The van der Waals surface area contributed by atoms with E-state index in [0.29, 0.717) is 6.04 Å². The first kappa shape index (κ1) is 9.68. The fraction of sp³-hybridized carbons (Fsp3) is 0.700. The van der Waals surface area contributed by atoms with Crippen molar-refractivity contribution in [2.24, 2.45) is 18.8 Å². The Hall–Kier alpha value is -0.870. The van der Waals surface area contributed by atoms with Gasteiger partial charge >= 0.3 is 0 Å². The molecule has 3 N–H and O–H groups in total. The maximum Gasteiger partial charge on any atom is 0.0640 e. The van der Waals surface area contributed by atoms with Gasteiger partial charge in [-0.1, -0.05) is 12.8 Å². The summed E-state index contributed by atoms with van der Waals surface area (Å²) in [5.41, 5.74) is 4.00. The van der Waals surface area contributed by atoms with Crippen molar-refractivity contribution in [3.8, 4) is 0 Å². The predicted octanol–water partition coefficient (Wildman–Crippen LogP) is 0.595. The summed E-state index contributed by atoms with van der Waals surface area (Å²) in [5, 5.41) is 4.35. The summed E-state index contributed by atoms with van der Waals surface area (Å²) in [4.78, 5) is 0. The number of rotatable bonds is 5. The minimum absolute atomic E-state index is 0.386. The number of hydrogen-bond donors (Lipinski definition) is 2. The summed E-state index contributed by atoms with van der Waals surface area (Å²) in [6.45, 7) is 0. The quantitative estimate of drug-likeness (QED) is 0.533. The van der Waals surface area contributed by atoms with E-state index >= 15 is 0 Å². The van der Waals surface area contributed by atoms with E-state index in [1.807, 2.05) is 17.9 Å². The first-order valence-electron chi connectivity index (χ1n) is 5.22. The van der Waals surface area contributed by atoms with Gasteiger partial charge in [0.2, 0.25) is 0 Å². The van der Waals surface area contributed by atoms with Crippen LogP contribution in [0.4, 0.5) is 0 Å². The maximum absolute atomic E-state index is 5.52. The number of nitrogens with zero attached hydrogens (tertiary/aromatic N) is 2. The number of aromatic nitrogens is 2. The summed E-state index contributed by atoms with van der Waals surface area (Å²) in [7, 11) is 1.94. The Labute approximate surface area is 84.4 Å². The summed E-state index contributed by atoms with van der Waals surface area (Å²) >= 11 is 0. The van der Waals surface area contributed by atoms with Crippen LogP contribution in [0.25, 0.3) is 0 Å². The van der Waals surface area contributed by atoms with Gasteiger partial charge in [-0.2, -0.15) is 5.10 Å². The second-order valence-corrected chi connectivity index (χ2v) is 4.23. The minimum Gasteiger partial charge on any atom is -0.276 e. The predicted molar refractivity (Wildman–Crippen MR) is 55.4 cm³/mol. The Morgan fingerprint density at radius 2 is 2.50 bits per heavy atom. The molecule has 1 heterocycles. The molecule has 4 heteroatoms. The second kappa shape index (κ2) is 4.11. The van der Waals surface area contributed by atoms with E-state index in [0.717, 1.165) is 18.0 Å². The highest BCUT2D eigenvalue weighted by Crippen LogP contribution is 2.33. The number of nitrogens with two attached hydrogens (primary N) is 1. The maximum atomic E-state index is 5.52. The molecule has 4 nitrogen and oxygen atoms in total. The average Bonchev–Trinajstić information content (AvgIpc) is 2.89. The zero-order chi connectivity index (χ0) is 9.97. The van der Waals surface area contributed by atoms with Gasteiger partial charge in [0, 0.05) is 25.7 Å². The third-order valence-corrected chi connectivity index (χ3v) is 2.77. The summed E-state index contributed by atoms with van der Waals surface area (Å²) < 4.78 is 1.83. The van der Waals surface area contributed by atoms with Gasteiger partial charge in [0.15, 0.2) is 0 Å². The Morgan fingerprint density at radius 1 is 1.71 bits per heavy atom. The van der Waals surface area contributed by atoms with Crippen LogP contribution >= 0.6 is 0 Å². The highest BCUT2D eigenvalue weighted by Gasteiger charge is 2.25. The molecule has 0 aromatic carbocycles. The van der Waals surface area contributed by atoms with Crippen LogP contribution in [0.1, 0.15) is 25.0 Å². The smallest absolute Gasteiger partial charge is 0.0640 e. The van der Waals surface area contributed by atoms with Gasteiger partial charge < -0.3 is 0 Å². The van der Waals surface area contributed by atoms with Crippen LogP contribution in [0.3, 0.4) is 0 Å². The lowest BCUT2D eigenvalue weighted by atomic mass is 10.1. The van der Waals surface area contributed by atoms with Crippen LogP contribution in [-0.4, -0.2) is 15.8 Å². The Morgan fingerprint density at radius 3 is 3.00 bits per heavy atom. The fourth-order valence-corrected chi connectivity index (χ4v) is 1.79. The monoisotopic (exact) mass is 194 g/mol. The van der Waals surface area contributed by atoms with Crippen LogP contribution in [0.5, 0.6) is 0 Å². The molecule has 0 radical (unpaired) electrons. The molecule has 78 valence electrons. The molecule has 0 aliphatic heterocycles. The normalized spacial score (nSPS) is 18.4.